The lowest BCUT2D eigenvalue weighted by Gasteiger charge is -2.15. The molecule has 92 valence electrons. The highest BCUT2D eigenvalue weighted by atomic mass is 16.5. The molecular weight excluding hydrogens is 212 g/mol. The number of rotatable bonds is 4. The molecule has 1 atom stereocenters. The van der Waals surface area contributed by atoms with Gasteiger partial charge in [0.1, 0.15) is 0 Å². The predicted molar refractivity (Wildman–Crippen MR) is 68.1 cm³/mol. The van der Waals surface area contributed by atoms with Crippen LogP contribution in [-0.4, -0.2) is 13.1 Å². The van der Waals surface area contributed by atoms with Gasteiger partial charge in [0.25, 0.3) is 0 Å². The van der Waals surface area contributed by atoms with Crippen LogP contribution in [0.1, 0.15) is 48.8 Å². The summed E-state index contributed by atoms with van der Waals surface area (Å²) >= 11 is 0. The molecule has 0 saturated carbocycles. The summed E-state index contributed by atoms with van der Waals surface area (Å²) in [6.45, 7) is 2.10. The van der Waals surface area contributed by atoms with E-state index in [0.717, 1.165) is 24.8 Å². The topological polar surface area (TPSA) is 26.3 Å². The number of benzene rings is 1. The van der Waals surface area contributed by atoms with Crippen molar-refractivity contribution in [3.8, 4) is 0 Å². The summed E-state index contributed by atoms with van der Waals surface area (Å²) in [6.07, 6.45) is 5.45. The molecule has 1 aliphatic carbocycles. The van der Waals surface area contributed by atoms with Crippen LogP contribution in [-0.2, 0) is 22.4 Å². The number of ether oxygens (including phenoxy) is 1. The Balaban J connectivity index is 2.26. The number of hydrogen-bond acceptors (Lipinski definition) is 2. The standard InChI is InChI=1S/C15H20O2/c1-3-5-14(15(16)17-2)13-9-8-11-6-4-7-12(11)10-13/h8-10,14H,3-7H2,1-2H3. The molecule has 0 bridgehead atoms. The molecule has 0 aliphatic heterocycles. The van der Waals surface area contributed by atoms with Crippen molar-refractivity contribution >= 4 is 5.97 Å². The number of esters is 1. The quantitative estimate of drug-likeness (QED) is 0.745. The van der Waals surface area contributed by atoms with Crippen molar-refractivity contribution in [2.24, 2.45) is 0 Å². The van der Waals surface area contributed by atoms with Gasteiger partial charge in [0, 0.05) is 0 Å². The molecule has 1 unspecified atom stereocenters. The highest BCUT2D eigenvalue weighted by molar-refractivity contribution is 5.78. The summed E-state index contributed by atoms with van der Waals surface area (Å²) in [6, 6.07) is 6.49. The van der Waals surface area contributed by atoms with E-state index in [2.05, 4.69) is 25.1 Å². The maximum absolute atomic E-state index is 11.8. The molecule has 0 fully saturated rings. The van der Waals surface area contributed by atoms with Crippen LogP contribution in [0, 0.1) is 0 Å². The average Bonchev–Trinajstić information content (AvgIpc) is 2.82. The molecule has 0 saturated heterocycles. The SMILES string of the molecule is CCCC(C(=O)OC)c1ccc2c(c1)CCC2. The van der Waals surface area contributed by atoms with Crippen molar-refractivity contribution in [1.29, 1.82) is 0 Å². The zero-order valence-electron chi connectivity index (χ0n) is 10.7. The molecule has 2 rings (SSSR count). The zero-order valence-corrected chi connectivity index (χ0v) is 10.7. The molecule has 1 aliphatic rings. The lowest BCUT2D eigenvalue weighted by Crippen LogP contribution is -2.14. The van der Waals surface area contributed by atoms with Crippen LogP contribution in [0.2, 0.25) is 0 Å². The van der Waals surface area contributed by atoms with Crippen molar-refractivity contribution < 1.29 is 9.53 Å². The Morgan fingerprint density at radius 1 is 1.35 bits per heavy atom. The van der Waals surface area contributed by atoms with Gasteiger partial charge in [-0.1, -0.05) is 31.5 Å². The fourth-order valence-electron chi connectivity index (χ4n) is 2.66. The minimum atomic E-state index is -0.107. The number of aryl methyl sites for hydroxylation is 2. The first-order valence-corrected chi connectivity index (χ1v) is 6.45. The summed E-state index contributed by atoms with van der Waals surface area (Å²) in [5.41, 5.74) is 4.00. The third-order valence-electron chi connectivity index (χ3n) is 3.59. The minimum absolute atomic E-state index is 0.0871. The third kappa shape index (κ3) is 2.51. The summed E-state index contributed by atoms with van der Waals surface area (Å²) in [4.78, 5) is 11.8. The van der Waals surface area contributed by atoms with E-state index in [1.54, 1.807) is 0 Å². The van der Waals surface area contributed by atoms with Gasteiger partial charge < -0.3 is 4.74 Å². The van der Waals surface area contributed by atoms with Gasteiger partial charge in [0.15, 0.2) is 0 Å². The van der Waals surface area contributed by atoms with Crippen molar-refractivity contribution in [2.45, 2.75) is 44.9 Å². The Kier molecular flexibility index (Phi) is 3.82. The van der Waals surface area contributed by atoms with Crippen molar-refractivity contribution in [1.82, 2.24) is 0 Å². The van der Waals surface area contributed by atoms with Crippen LogP contribution in [0.15, 0.2) is 18.2 Å². The molecule has 2 nitrogen and oxygen atoms in total. The second kappa shape index (κ2) is 5.35. The van der Waals surface area contributed by atoms with E-state index in [4.69, 9.17) is 4.74 Å². The van der Waals surface area contributed by atoms with Gasteiger partial charge in [-0.05, 0) is 42.4 Å². The summed E-state index contributed by atoms with van der Waals surface area (Å²) < 4.78 is 4.90. The molecule has 0 aromatic heterocycles. The van der Waals surface area contributed by atoms with E-state index < -0.39 is 0 Å². The first-order valence-electron chi connectivity index (χ1n) is 6.45. The highest BCUT2D eigenvalue weighted by Gasteiger charge is 2.22. The number of methoxy groups -OCH3 is 1. The second-order valence-electron chi connectivity index (χ2n) is 4.75. The Morgan fingerprint density at radius 2 is 2.12 bits per heavy atom. The molecule has 0 N–H and O–H groups in total. The van der Waals surface area contributed by atoms with Crippen LogP contribution in [0.25, 0.3) is 0 Å². The van der Waals surface area contributed by atoms with Crippen molar-refractivity contribution in [3.05, 3.63) is 34.9 Å². The lowest BCUT2D eigenvalue weighted by molar-refractivity contribution is -0.142. The van der Waals surface area contributed by atoms with E-state index in [-0.39, 0.29) is 11.9 Å². The van der Waals surface area contributed by atoms with Crippen LogP contribution >= 0.6 is 0 Å². The van der Waals surface area contributed by atoms with Crippen molar-refractivity contribution in [3.63, 3.8) is 0 Å². The molecular formula is C15H20O2. The molecule has 17 heavy (non-hydrogen) atoms. The fourth-order valence-corrected chi connectivity index (χ4v) is 2.66. The predicted octanol–water partition coefficient (Wildman–Crippen LogP) is 3.23. The Hall–Kier alpha value is -1.31. The van der Waals surface area contributed by atoms with E-state index >= 15 is 0 Å². The number of carbonyl (C=O) groups excluding carboxylic acids is 1. The van der Waals surface area contributed by atoms with Crippen LogP contribution in [0.4, 0.5) is 0 Å². The fraction of sp³-hybridized carbons (Fsp3) is 0.533. The van der Waals surface area contributed by atoms with Gasteiger partial charge in [0.2, 0.25) is 0 Å². The van der Waals surface area contributed by atoms with Gasteiger partial charge >= 0.3 is 5.97 Å². The Labute approximate surface area is 103 Å². The number of hydrogen-bond donors (Lipinski definition) is 0. The molecule has 0 radical (unpaired) electrons. The Bertz CT molecular complexity index is 409. The van der Waals surface area contributed by atoms with Gasteiger partial charge in [-0.2, -0.15) is 0 Å². The molecule has 1 aromatic carbocycles. The maximum Gasteiger partial charge on any atom is 0.313 e. The average molecular weight is 232 g/mol. The zero-order chi connectivity index (χ0) is 12.3. The number of fused-ring (bicyclic) bond motifs is 1. The number of carbonyl (C=O) groups is 1. The van der Waals surface area contributed by atoms with Crippen LogP contribution in [0.3, 0.4) is 0 Å². The van der Waals surface area contributed by atoms with Gasteiger partial charge in [0.05, 0.1) is 13.0 Å². The van der Waals surface area contributed by atoms with E-state index in [1.165, 1.54) is 31.1 Å². The highest BCUT2D eigenvalue weighted by Crippen LogP contribution is 2.29. The molecule has 0 amide bonds. The largest absolute Gasteiger partial charge is 0.469 e. The monoisotopic (exact) mass is 232 g/mol. The van der Waals surface area contributed by atoms with Gasteiger partial charge in [-0.25, -0.2) is 0 Å². The molecule has 1 aromatic rings. The minimum Gasteiger partial charge on any atom is -0.469 e. The summed E-state index contributed by atoms with van der Waals surface area (Å²) in [7, 11) is 1.47. The lowest BCUT2D eigenvalue weighted by atomic mass is 9.92. The molecule has 0 heterocycles. The van der Waals surface area contributed by atoms with Gasteiger partial charge in [-0.3, -0.25) is 4.79 Å². The summed E-state index contributed by atoms with van der Waals surface area (Å²) in [5.74, 6) is -0.194. The Morgan fingerprint density at radius 3 is 2.82 bits per heavy atom. The second-order valence-corrected chi connectivity index (χ2v) is 4.75. The first kappa shape index (κ1) is 12.2. The smallest absolute Gasteiger partial charge is 0.313 e. The van der Waals surface area contributed by atoms with Crippen LogP contribution in [0.5, 0.6) is 0 Å². The molecule has 2 heteroatoms. The van der Waals surface area contributed by atoms with Gasteiger partial charge in [-0.15, -0.1) is 0 Å². The summed E-state index contributed by atoms with van der Waals surface area (Å²) in [5, 5.41) is 0. The first-order chi connectivity index (χ1) is 8.26. The van der Waals surface area contributed by atoms with E-state index in [9.17, 15) is 4.79 Å². The van der Waals surface area contributed by atoms with Crippen LogP contribution < -0.4 is 0 Å². The molecule has 0 spiro atoms. The van der Waals surface area contributed by atoms with E-state index in [1.807, 2.05) is 0 Å². The maximum atomic E-state index is 11.8. The van der Waals surface area contributed by atoms with E-state index in [0.29, 0.717) is 0 Å². The third-order valence-corrected chi connectivity index (χ3v) is 3.59. The normalized spacial score (nSPS) is 15.4. The van der Waals surface area contributed by atoms with Crippen molar-refractivity contribution in [2.75, 3.05) is 7.11 Å².